The minimum absolute atomic E-state index is 0.186. The quantitative estimate of drug-likeness (QED) is 0.738. The standard InChI is InChI=1S/C21H30N2O2/c1-16-8-10-17(11-9-16)21(24)23(19-6-4-3-5-7-19)20-14-12-18(13-15-20)22-25-2/h3-7,16-17,20H,8-15H2,1-2H3. The second-order valence-corrected chi connectivity index (χ2v) is 7.57. The van der Waals surface area contributed by atoms with Crippen molar-refractivity contribution >= 4 is 17.3 Å². The number of amides is 1. The number of rotatable bonds is 4. The third-order valence-electron chi connectivity index (χ3n) is 5.75. The van der Waals surface area contributed by atoms with Crippen molar-refractivity contribution in [3.05, 3.63) is 30.3 Å². The van der Waals surface area contributed by atoms with Crippen molar-refractivity contribution in [3.63, 3.8) is 0 Å². The number of para-hydroxylation sites is 1. The molecule has 1 aromatic carbocycles. The average Bonchev–Trinajstić information content (AvgIpc) is 2.65. The highest BCUT2D eigenvalue weighted by Crippen LogP contribution is 2.34. The Bertz CT molecular complexity index is 581. The summed E-state index contributed by atoms with van der Waals surface area (Å²) in [4.78, 5) is 20.4. The maximum atomic E-state index is 13.4. The molecule has 0 radical (unpaired) electrons. The normalized spacial score (nSPS) is 26.8. The molecule has 1 aromatic rings. The predicted octanol–water partition coefficient (Wildman–Crippen LogP) is 4.79. The van der Waals surface area contributed by atoms with Crippen molar-refractivity contribution in [2.45, 2.75) is 64.3 Å². The van der Waals surface area contributed by atoms with E-state index in [4.69, 9.17) is 4.84 Å². The molecule has 2 fully saturated rings. The molecule has 0 aliphatic heterocycles. The lowest BCUT2D eigenvalue weighted by molar-refractivity contribution is -0.124. The van der Waals surface area contributed by atoms with Crippen molar-refractivity contribution in [3.8, 4) is 0 Å². The zero-order valence-electron chi connectivity index (χ0n) is 15.5. The predicted molar refractivity (Wildman–Crippen MR) is 102 cm³/mol. The highest BCUT2D eigenvalue weighted by atomic mass is 16.6. The fraction of sp³-hybridized carbons (Fsp3) is 0.619. The van der Waals surface area contributed by atoms with Crippen LogP contribution >= 0.6 is 0 Å². The Kier molecular flexibility index (Phi) is 6.11. The van der Waals surface area contributed by atoms with Gasteiger partial charge in [-0.15, -0.1) is 0 Å². The number of carbonyl (C=O) groups excluding carboxylic acids is 1. The summed E-state index contributed by atoms with van der Waals surface area (Å²) in [6.45, 7) is 2.30. The van der Waals surface area contributed by atoms with E-state index in [0.29, 0.717) is 5.91 Å². The van der Waals surface area contributed by atoms with E-state index in [1.807, 2.05) is 18.2 Å². The van der Waals surface area contributed by atoms with Gasteiger partial charge in [-0.2, -0.15) is 0 Å². The zero-order valence-corrected chi connectivity index (χ0v) is 15.5. The molecular weight excluding hydrogens is 312 g/mol. The topological polar surface area (TPSA) is 41.9 Å². The van der Waals surface area contributed by atoms with E-state index in [2.05, 4.69) is 29.1 Å². The van der Waals surface area contributed by atoms with Gasteiger partial charge in [0, 0.05) is 17.6 Å². The minimum Gasteiger partial charge on any atom is -0.399 e. The van der Waals surface area contributed by atoms with Gasteiger partial charge in [0.2, 0.25) is 5.91 Å². The molecule has 4 heteroatoms. The maximum Gasteiger partial charge on any atom is 0.230 e. The summed E-state index contributed by atoms with van der Waals surface area (Å²) < 4.78 is 0. The summed E-state index contributed by atoms with van der Waals surface area (Å²) >= 11 is 0. The first-order chi connectivity index (χ1) is 12.2. The number of anilines is 1. The number of hydrogen-bond acceptors (Lipinski definition) is 3. The van der Waals surface area contributed by atoms with Crippen LogP contribution in [0.15, 0.2) is 35.5 Å². The number of hydrogen-bond donors (Lipinski definition) is 0. The van der Waals surface area contributed by atoms with Gasteiger partial charge in [-0.25, -0.2) is 0 Å². The summed E-state index contributed by atoms with van der Waals surface area (Å²) in [5.74, 6) is 1.28. The van der Waals surface area contributed by atoms with Crippen LogP contribution in [-0.2, 0) is 9.63 Å². The first-order valence-corrected chi connectivity index (χ1v) is 9.66. The van der Waals surface area contributed by atoms with Gasteiger partial charge in [-0.05, 0) is 69.4 Å². The van der Waals surface area contributed by atoms with Crippen LogP contribution in [0.2, 0.25) is 0 Å². The minimum atomic E-state index is 0.186. The second kappa shape index (κ2) is 8.50. The highest BCUT2D eigenvalue weighted by molar-refractivity contribution is 5.96. The first kappa shape index (κ1) is 18.0. The Morgan fingerprint density at radius 3 is 2.28 bits per heavy atom. The molecule has 2 aliphatic rings. The summed E-state index contributed by atoms with van der Waals surface area (Å²) in [6, 6.07) is 10.5. The van der Waals surface area contributed by atoms with Crippen LogP contribution in [0.3, 0.4) is 0 Å². The van der Waals surface area contributed by atoms with Crippen molar-refractivity contribution < 1.29 is 9.63 Å². The molecule has 2 aliphatic carbocycles. The van der Waals surface area contributed by atoms with Gasteiger partial charge in [-0.3, -0.25) is 4.79 Å². The lowest BCUT2D eigenvalue weighted by Gasteiger charge is -2.38. The van der Waals surface area contributed by atoms with Crippen LogP contribution in [0.1, 0.15) is 58.3 Å². The fourth-order valence-electron chi connectivity index (χ4n) is 4.22. The fourth-order valence-corrected chi connectivity index (χ4v) is 4.22. The molecule has 3 rings (SSSR count). The van der Waals surface area contributed by atoms with E-state index in [1.54, 1.807) is 7.11 Å². The molecular formula is C21H30N2O2. The molecule has 136 valence electrons. The van der Waals surface area contributed by atoms with Gasteiger partial charge >= 0.3 is 0 Å². The van der Waals surface area contributed by atoms with Gasteiger partial charge in [0.25, 0.3) is 0 Å². The number of carbonyl (C=O) groups is 1. The van der Waals surface area contributed by atoms with Gasteiger partial charge in [0.05, 0.1) is 5.71 Å². The molecule has 0 heterocycles. The Hall–Kier alpha value is -1.84. The van der Waals surface area contributed by atoms with Crippen molar-refractivity contribution in [1.82, 2.24) is 0 Å². The maximum absolute atomic E-state index is 13.4. The molecule has 0 atom stereocenters. The summed E-state index contributed by atoms with van der Waals surface area (Å²) in [5, 5.41) is 4.11. The molecule has 0 aromatic heterocycles. The number of nitrogens with zero attached hydrogens (tertiary/aromatic N) is 2. The summed E-state index contributed by atoms with van der Waals surface area (Å²) in [5.41, 5.74) is 2.16. The Morgan fingerprint density at radius 1 is 1.04 bits per heavy atom. The third kappa shape index (κ3) is 4.42. The Labute approximate surface area is 151 Å². The van der Waals surface area contributed by atoms with Gasteiger partial charge in [-0.1, -0.05) is 30.3 Å². The molecule has 25 heavy (non-hydrogen) atoms. The van der Waals surface area contributed by atoms with E-state index in [-0.39, 0.29) is 12.0 Å². The van der Waals surface area contributed by atoms with Crippen LogP contribution in [-0.4, -0.2) is 24.8 Å². The zero-order chi connectivity index (χ0) is 17.6. The SMILES string of the molecule is CON=C1CCC(N(C(=O)C2CCC(C)CC2)c2ccccc2)CC1. The molecule has 0 bridgehead atoms. The molecule has 1 amide bonds. The van der Waals surface area contributed by atoms with E-state index in [1.165, 1.54) is 12.8 Å². The van der Waals surface area contributed by atoms with Gasteiger partial charge in [0.1, 0.15) is 7.11 Å². The van der Waals surface area contributed by atoms with E-state index in [9.17, 15) is 4.79 Å². The van der Waals surface area contributed by atoms with Crippen molar-refractivity contribution in [2.24, 2.45) is 17.0 Å². The van der Waals surface area contributed by atoms with E-state index >= 15 is 0 Å². The first-order valence-electron chi connectivity index (χ1n) is 9.66. The lowest BCUT2D eigenvalue weighted by atomic mass is 9.81. The third-order valence-corrected chi connectivity index (χ3v) is 5.75. The highest BCUT2D eigenvalue weighted by Gasteiger charge is 2.34. The monoisotopic (exact) mass is 342 g/mol. The van der Waals surface area contributed by atoms with E-state index < -0.39 is 0 Å². The molecule has 0 saturated heterocycles. The van der Waals surface area contributed by atoms with Crippen LogP contribution in [0, 0.1) is 11.8 Å². The van der Waals surface area contributed by atoms with Gasteiger partial charge < -0.3 is 9.74 Å². The molecule has 0 N–H and O–H groups in total. The van der Waals surface area contributed by atoms with Crippen molar-refractivity contribution in [2.75, 3.05) is 12.0 Å². The largest absolute Gasteiger partial charge is 0.399 e. The van der Waals surface area contributed by atoms with Crippen LogP contribution in [0.4, 0.5) is 5.69 Å². The second-order valence-electron chi connectivity index (χ2n) is 7.57. The van der Waals surface area contributed by atoms with Crippen LogP contribution in [0.5, 0.6) is 0 Å². The lowest BCUT2D eigenvalue weighted by Crippen LogP contribution is -2.46. The summed E-state index contributed by atoms with van der Waals surface area (Å²) in [6.07, 6.45) is 8.17. The number of benzene rings is 1. The van der Waals surface area contributed by atoms with Crippen LogP contribution in [0.25, 0.3) is 0 Å². The smallest absolute Gasteiger partial charge is 0.230 e. The molecule has 2 saturated carbocycles. The molecule has 0 spiro atoms. The Morgan fingerprint density at radius 2 is 1.68 bits per heavy atom. The molecule has 4 nitrogen and oxygen atoms in total. The summed E-state index contributed by atoms with van der Waals surface area (Å²) in [7, 11) is 1.60. The van der Waals surface area contributed by atoms with E-state index in [0.717, 1.165) is 55.8 Å². The average molecular weight is 342 g/mol. The van der Waals surface area contributed by atoms with Gasteiger partial charge in [0.15, 0.2) is 0 Å². The number of oxime groups is 1. The Balaban J connectivity index is 1.77. The van der Waals surface area contributed by atoms with Crippen LogP contribution < -0.4 is 4.90 Å². The van der Waals surface area contributed by atoms with Crippen molar-refractivity contribution in [1.29, 1.82) is 0 Å². The molecule has 0 unspecified atom stereocenters.